The molecule has 1 aliphatic heterocycles. The number of nitrogens with zero attached hydrogens (tertiary/aromatic N) is 3. The van der Waals surface area contributed by atoms with Crippen molar-refractivity contribution >= 4 is 12.0 Å². The summed E-state index contributed by atoms with van der Waals surface area (Å²) in [6.07, 6.45) is 4.96. The van der Waals surface area contributed by atoms with Crippen LogP contribution in [0.25, 0.3) is 0 Å². The number of fused-ring (bicyclic) bond motifs is 1. The van der Waals surface area contributed by atoms with Crippen LogP contribution in [0.15, 0.2) is 36.5 Å². The number of urea groups is 1. The standard InChI is InChI=1S/C23H31N5O3/c1-23(2)18-12-24-21(25-16-8-10-17(30)11-9-16)26-19(18)13-28(23)22(31)27-20(14-29)15-6-4-3-5-7-15/h3-7,12,16-17,20,29-30H,8-11,13-14H2,1-2H3,(H,27,31)(H,24,25,26)/t16-,17+,20-/m1/s1. The first kappa shape index (κ1) is 21.5. The molecule has 2 heterocycles. The Bertz CT molecular complexity index is 913. The Morgan fingerprint density at radius 3 is 2.61 bits per heavy atom. The van der Waals surface area contributed by atoms with Gasteiger partial charge in [0.25, 0.3) is 0 Å². The van der Waals surface area contributed by atoms with Crippen LogP contribution in [0.3, 0.4) is 0 Å². The molecule has 0 radical (unpaired) electrons. The van der Waals surface area contributed by atoms with Gasteiger partial charge in [-0.15, -0.1) is 0 Å². The lowest BCUT2D eigenvalue weighted by Crippen LogP contribution is -2.47. The fourth-order valence-corrected chi connectivity index (χ4v) is 4.49. The molecule has 0 unspecified atom stereocenters. The lowest BCUT2D eigenvalue weighted by Gasteiger charge is -2.33. The Morgan fingerprint density at radius 2 is 1.94 bits per heavy atom. The number of aliphatic hydroxyl groups excluding tert-OH is 2. The van der Waals surface area contributed by atoms with E-state index in [0.29, 0.717) is 12.5 Å². The normalized spacial score (nSPS) is 23.2. The van der Waals surface area contributed by atoms with E-state index in [1.54, 1.807) is 11.1 Å². The Balaban J connectivity index is 1.46. The molecule has 4 rings (SSSR count). The summed E-state index contributed by atoms with van der Waals surface area (Å²) in [7, 11) is 0. The van der Waals surface area contributed by atoms with E-state index >= 15 is 0 Å². The third-order valence-electron chi connectivity index (χ3n) is 6.47. The number of anilines is 1. The smallest absolute Gasteiger partial charge is 0.319 e. The van der Waals surface area contributed by atoms with Crippen LogP contribution < -0.4 is 10.6 Å². The summed E-state index contributed by atoms with van der Waals surface area (Å²) in [6.45, 7) is 4.16. The van der Waals surface area contributed by atoms with E-state index in [1.807, 2.05) is 44.2 Å². The fourth-order valence-electron chi connectivity index (χ4n) is 4.49. The van der Waals surface area contributed by atoms with Gasteiger partial charge in [0.1, 0.15) is 0 Å². The maximum atomic E-state index is 13.1. The van der Waals surface area contributed by atoms with E-state index in [1.165, 1.54) is 0 Å². The number of rotatable bonds is 5. The summed E-state index contributed by atoms with van der Waals surface area (Å²) < 4.78 is 0. The number of carbonyl (C=O) groups is 1. The lowest BCUT2D eigenvalue weighted by molar-refractivity contribution is 0.126. The van der Waals surface area contributed by atoms with Crippen molar-refractivity contribution in [2.24, 2.45) is 0 Å². The minimum absolute atomic E-state index is 0.180. The molecular weight excluding hydrogens is 394 g/mol. The molecule has 2 amide bonds. The Hall–Kier alpha value is -2.71. The zero-order valence-corrected chi connectivity index (χ0v) is 18.1. The molecule has 0 saturated heterocycles. The van der Waals surface area contributed by atoms with Crippen LogP contribution in [0.2, 0.25) is 0 Å². The molecule has 8 heteroatoms. The second-order valence-corrected chi connectivity index (χ2v) is 8.94. The highest BCUT2D eigenvalue weighted by Crippen LogP contribution is 2.38. The first-order valence-corrected chi connectivity index (χ1v) is 10.9. The summed E-state index contributed by atoms with van der Waals surface area (Å²) >= 11 is 0. The highest BCUT2D eigenvalue weighted by Gasteiger charge is 2.42. The first-order chi connectivity index (χ1) is 14.9. The van der Waals surface area contributed by atoms with Gasteiger partial charge in [0, 0.05) is 17.8 Å². The molecule has 1 atom stereocenters. The van der Waals surface area contributed by atoms with E-state index in [-0.39, 0.29) is 24.8 Å². The average Bonchev–Trinajstić information content (AvgIpc) is 3.04. The highest BCUT2D eigenvalue weighted by atomic mass is 16.3. The van der Waals surface area contributed by atoms with Crippen LogP contribution >= 0.6 is 0 Å². The van der Waals surface area contributed by atoms with Gasteiger partial charge in [0.05, 0.1) is 36.5 Å². The summed E-state index contributed by atoms with van der Waals surface area (Å²) in [5.41, 5.74) is 2.04. The summed E-state index contributed by atoms with van der Waals surface area (Å²) in [5.74, 6) is 0.565. The monoisotopic (exact) mass is 425 g/mol. The van der Waals surface area contributed by atoms with Gasteiger partial charge in [0.2, 0.25) is 5.95 Å². The number of carbonyl (C=O) groups excluding carboxylic acids is 1. The van der Waals surface area contributed by atoms with Crippen molar-refractivity contribution in [2.75, 3.05) is 11.9 Å². The molecule has 0 bridgehead atoms. The number of hydrogen-bond acceptors (Lipinski definition) is 6. The Morgan fingerprint density at radius 1 is 1.23 bits per heavy atom. The molecule has 166 valence electrons. The molecule has 1 fully saturated rings. The Labute approximate surface area is 182 Å². The lowest BCUT2D eigenvalue weighted by atomic mass is 9.93. The number of nitrogens with one attached hydrogen (secondary N) is 2. The van der Waals surface area contributed by atoms with Crippen molar-refractivity contribution in [3.63, 3.8) is 0 Å². The predicted octanol–water partition coefficient (Wildman–Crippen LogP) is 2.69. The van der Waals surface area contributed by atoms with Gasteiger partial charge < -0.3 is 25.7 Å². The first-order valence-electron chi connectivity index (χ1n) is 10.9. The number of aromatic nitrogens is 2. The molecule has 2 aromatic rings. The third-order valence-corrected chi connectivity index (χ3v) is 6.47. The number of hydrogen-bond donors (Lipinski definition) is 4. The van der Waals surface area contributed by atoms with E-state index < -0.39 is 11.6 Å². The molecule has 1 aliphatic carbocycles. The van der Waals surface area contributed by atoms with Gasteiger partial charge in [-0.25, -0.2) is 14.8 Å². The van der Waals surface area contributed by atoms with Crippen molar-refractivity contribution in [3.05, 3.63) is 53.3 Å². The topological polar surface area (TPSA) is 111 Å². The molecule has 1 saturated carbocycles. The van der Waals surface area contributed by atoms with E-state index in [4.69, 9.17) is 4.98 Å². The quantitative estimate of drug-likeness (QED) is 0.586. The molecular formula is C23H31N5O3. The summed E-state index contributed by atoms with van der Waals surface area (Å²) in [6, 6.07) is 8.98. The zero-order chi connectivity index (χ0) is 22.0. The van der Waals surface area contributed by atoms with Crippen LogP contribution in [0.5, 0.6) is 0 Å². The number of benzene rings is 1. The molecule has 2 aliphatic rings. The Kier molecular flexibility index (Phi) is 6.11. The van der Waals surface area contributed by atoms with Gasteiger partial charge in [-0.05, 0) is 45.1 Å². The van der Waals surface area contributed by atoms with Gasteiger partial charge in [-0.2, -0.15) is 0 Å². The molecule has 0 spiro atoms. The molecule has 4 N–H and O–H groups in total. The van der Waals surface area contributed by atoms with Crippen molar-refractivity contribution in [2.45, 2.75) is 69.8 Å². The second kappa shape index (κ2) is 8.80. The predicted molar refractivity (Wildman–Crippen MR) is 117 cm³/mol. The third kappa shape index (κ3) is 4.50. The maximum Gasteiger partial charge on any atom is 0.319 e. The molecule has 1 aromatic carbocycles. The van der Waals surface area contributed by atoms with Crippen LogP contribution in [0.4, 0.5) is 10.7 Å². The van der Waals surface area contributed by atoms with Crippen molar-refractivity contribution in [1.82, 2.24) is 20.2 Å². The summed E-state index contributed by atoms with van der Waals surface area (Å²) in [5, 5.41) is 25.8. The van der Waals surface area contributed by atoms with Crippen LogP contribution in [0.1, 0.15) is 62.4 Å². The van der Waals surface area contributed by atoms with Gasteiger partial charge in [-0.1, -0.05) is 30.3 Å². The highest BCUT2D eigenvalue weighted by molar-refractivity contribution is 5.77. The summed E-state index contributed by atoms with van der Waals surface area (Å²) in [4.78, 5) is 24.0. The SMILES string of the molecule is CC1(C)c2cnc(N[C@H]3CC[C@@H](O)CC3)nc2CN1C(=O)N[C@H](CO)c1ccccc1. The maximum absolute atomic E-state index is 13.1. The molecule has 8 nitrogen and oxygen atoms in total. The number of amides is 2. The van der Waals surface area contributed by atoms with Gasteiger partial charge in [-0.3, -0.25) is 0 Å². The van der Waals surface area contributed by atoms with E-state index in [0.717, 1.165) is 42.5 Å². The zero-order valence-electron chi connectivity index (χ0n) is 18.1. The van der Waals surface area contributed by atoms with E-state index in [9.17, 15) is 15.0 Å². The minimum Gasteiger partial charge on any atom is -0.394 e. The minimum atomic E-state index is -0.566. The number of aliphatic hydroxyl groups is 2. The average molecular weight is 426 g/mol. The van der Waals surface area contributed by atoms with E-state index in [2.05, 4.69) is 15.6 Å². The largest absolute Gasteiger partial charge is 0.394 e. The molecule has 1 aromatic heterocycles. The van der Waals surface area contributed by atoms with Crippen molar-refractivity contribution < 1.29 is 15.0 Å². The van der Waals surface area contributed by atoms with Gasteiger partial charge in [0.15, 0.2) is 0 Å². The van der Waals surface area contributed by atoms with Crippen LogP contribution in [0, 0.1) is 0 Å². The van der Waals surface area contributed by atoms with Gasteiger partial charge >= 0.3 is 6.03 Å². The van der Waals surface area contributed by atoms with Crippen LogP contribution in [-0.4, -0.2) is 49.9 Å². The van der Waals surface area contributed by atoms with Crippen molar-refractivity contribution in [3.8, 4) is 0 Å². The fraction of sp³-hybridized carbons (Fsp3) is 0.522. The van der Waals surface area contributed by atoms with Crippen LogP contribution in [-0.2, 0) is 12.1 Å². The van der Waals surface area contributed by atoms with Crippen molar-refractivity contribution in [1.29, 1.82) is 0 Å². The second-order valence-electron chi connectivity index (χ2n) is 8.94. The molecule has 31 heavy (non-hydrogen) atoms.